The lowest BCUT2D eigenvalue weighted by molar-refractivity contribution is 0.133. The molecule has 0 aromatic carbocycles. The van der Waals surface area contributed by atoms with Gasteiger partial charge in [0.05, 0.1) is 6.61 Å². The second kappa shape index (κ2) is 12.3. The molecule has 0 unspecified atom stereocenters. The van der Waals surface area contributed by atoms with E-state index in [1.807, 2.05) is 11.8 Å². The summed E-state index contributed by atoms with van der Waals surface area (Å²) in [5, 5.41) is 3.39. The van der Waals surface area contributed by atoms with Crippen LogP contribution in [0.4, 0.5) is 0 Å². The molecule has 0 bridgehead atoms. The third-order valence-corrected chi connectivity index (χ3v) is 3.33. The predicted octanol–water partition coefficient (Wildman–Crippen LogP) is 2.78. The summed E-state index contributed by atoms with van der Waals surface area (Å²) >= 11 is 2.03. The molecule has 0 aliphatic carbocycles. The van der Waals surface area contributed by atoms with Crippen LogP contribution in [0.3, 0.4) is 0 Å². The van der Waals surface area contributed by atoms with Crippen molar-refractivity contribution in [3.05, 3.63) is 0 Å². The largest absolute Gasteiger partial charge is 0.380 e. The van der Waals surface area contributed by atoms with Crippen LogP contribution in [0.15, 0.2) is 0 Å². The van der Waals surface area contributed by atoms with Gasteiger partial charge in [0, 0.05) is 25.4 Å². The fraction of sp³-hybridized carbons (Fsp3) is 1.00. The van der Waals surface area contributed by atoms with Crippen LogP contribution in [-0.4, -0.2) is 37.8 Å². The van der Waals surface area contributed by atoms with Gasteiger partial charge < -0.3 is 10.1 Å². The van der Waals surface area contributed by atoms with E-state index in [4.69, 9.17) is 4.74 Å². The van der Waals surface area contributed by atoms with Crippen molar-refractivity contribution >= 4 is 11.8 Å². The normalized spacial score (nSPS) is 11.2. The highest BCUT2D eigenvalue weighted by atomic mass is 32.2. The number of nitrogens with one attached hydrogen (secondary N) is 1. The van der Waals surface area contributed by atoms with Crippen LogP contribution in [0.25, 0.3) is 0 Å². The van der Waals surface area contributed by atoms with E-state index in [-0.39, 0.29) is 0 Å². The molecule has 0 rings (SSSR count). The quantitative estimate of drug-likeness (QED) is 0.555. The first-order valence-electron chi connectivity index (χ1n) is 6.13. The molecule has 0 heterocycles. The lowest BCUT2D eigenvalue weighted by Gasteiger charge is -2.06. The number of ether oxygens (including phenoxy) is 1. The fourth-order valence-electron chi connectivity index (χ4n) is 1.08. The molecule has 0 aromatic heterocycles. The molecule has 0 aliphatic rings. The average Bonchev–Trinajstić information content (AvgIpc) is 2.20. The molecule has 0 aromatic rings. The van der Waals surface area contributed by atoms with Gasteiger partial charge in [-0.3, -0.25) is 0 Å². The van der Waals surface area contributed by atoms with E-state index in [1.54, 1.807) is 0 Å². The van der Waals surface area contributed by atoms with E-state index in [0.29, 0.717) is 0 Å². The molecule has 0 saturated heterocycles. The molecule has 3 heteroatoms. The fourth-order valence-corrected chi connectivity index (χ4v) is 2.01. The topological polar surface area (TPSA) is 21.3 Å². The molecule has 2 nitrogen and oxygen atoms in total. The van der Waals surface area contributed by atoms with E-state index in [2.05, 4.69) is 26.1 Å². The maximum atomic E-state index is 5.45. The van der Waals surface area contributed by atoms with Gasteiger partial charge in [-0.05, 0) is 18.1 Å². The molecule has 0 atom stereocenters. The summed E-state index contributed by atoms with van der Waals surface area (Å²) in [6, 6.07) is 0. The van der Waals surface area contributed by atoms with Gasteiger partial charge in [-0.2, -0.15) is 11.8 Å². The molecular weight excluding hydrogens is 206 g/mol. The Balaban J connectivity index is 2.87. The van der Waals surface area contributed by atoms with Crippen molar-refractivity contribution in [3.63, 3.8) is 0 Å². The Bertz CT molecular complexity index is 120. The summed E-state index contributed by atoms with van der Waals surface area (Å²) < 4.78 is 5.45. The Hall–Kier alpha value is 0.270. The van der Waals surface area contributed by atoms with E-state index >= 15 is 0 Å². The highest BCUT2D eigenvalue weighted by Gasteiger charge is 1.94. The standard InChI is InChI=1S/C12H27NOS/c1-4-5-8-14-9-6-13-7-10-15-11-12(2)3/h12-13H,4-11H2,1-3H3. The second-order valence-corrected chi connectivity index (χ2v) is 5.33. The van der Waals surface area contributed by atoms with Crippen LogP contribution < -0.4 is 5.32 Å². The summed E-state index contributed by atoms with van der Waals surface area (Å²) in [7, 11) is 0. The second-order valence-electron chi connectivity index (χ2n) is 4.18. The maximum Gasteiger partial charge on any atom is 0.0590 e. The van der Waals surface area contributed by atoms with Crippen molar-refractivity contribution in [3.8, 4) is 0 Å². The highest BCUT2D eigenvalue weighted by Crippen LogP contribution is 2.05. The zero-order valence-corrected chi connectivity index (χ0v) is 11.4. The minimum Gasteiger partial charge on any atom is -0.380 e. The van der Waals surface area contributed by atoms with Gasteiger partial charge in [0.25, 0.3) is 0 Å². The van der Waals surface area contributed by atoms with E-state index in [9.17, 15) is 0 Å². The number of thioether (sulfide) groups is 1. The lowest BCUT2D eigenvalue weighted by atomic mass is 10.3. The Labute approximate surface area is 99.5 Å². The number of hydrogen-bond donors (Lipinski definition) is 1. The average molecular weight is 233 g/mol. The van der Waals surface area contributed by atoms with Gasteiger partial charge in [0.1, 0.15) is 0 Å². The monoisotopic (exact) mass is 233 g/mol. The lowest BCUT2D eigenvalue weighted by Crippen LogP contribution is -2.22. The first kappa shape index (κ1) is 15.3. The van der Waals surface area contributed by atoms with Gasteiger partial charge >= 0.3 is 0 Å². The first-order chi connectivity index (χ1) is 7.27. The van der Waals surface area contributed by atoms with Crippen molar-refractivity contribution in [2.45, 2.75) is 33.6 Å². The third kappa shape index (κ3) is 14.3. The van der Waals surface area contributed by atoms with Crippen LogP contribution in [0, 0.1) is 5.92 Å². The molecule has 1 N–H and O–H groups in total. The molecule has 0 aliphatic heterocycles. The SMILES string of the molecule is CCCCOCCNCCSCC(C)C. The molecule has 0 amide bonds. The van der Waals surface area contributed by atoms with Gasteiger partial charge in [-0.15, -0.1) is 0 Å². The Kier molecular flexibility index (Phi) is 12.6. The first-order valence-corrected chi connectivity index (χ1v) is 7.29. The molecule has 0 fully saturated rings. The van der Waals surface area contributed by atoms with Gasteiger partial charge in [0.2, 0.25) is 0 Å². The van der Waals surface area contributed by atoms with Crippen LogP contribution >= 0.6 is 11.8 Å². The zero-order valence-electron chi connectivity index (χ0n) is 10.6. The van der Waals surface area contributed by atoms with Gasteiger partial charge in [-0.25, -0.2) is 0 Å². The predicted molar refractivity (Wildman–Crippen MR) is 70.8 cm³/mol. The molecule has 15 heavy (non-hydrogen) atoms. The number of unbranched alkanes of at least 4 members (excludes halogenated alkanes) is 1. The van der Waals surface area contributed by atoms with Gasteiger partial charge in [-0.1, -0.05) is 27.2 Å². The van der Waals surface area contributed by atoms with E-state index < -0.39 is 0 Å². The van der Waals surface area contributed by atoms with Crippen molar-refractivity contribution in [2.24, 2.45) is 5.92 Å². The van der Waals surface area contributed by atoms with E-state index in [1.165, 1.54) is 24.3 Å². The summed E-state index contributed by atoms with van der Waals surface area (Å²) in [5.74, 6) is 3.30. The van der Waals surface area contributed by atoms with Crippen molar-refractivity contribution in [1.29, 1.82) is 0 Å². The van der Waals surface area contributed by atoms with Crippen molar-refractivity contribution in [2.75, 3.05) is 37.8 Å². The molecule has 0 radical (unpaired) electrons. The molecule has 0 spiro atoms. The van der Waals surface area contributed by atoms with Crippen molar-refractivity contribution < 1.29 is 4.74 Å². The Morgan fingerprint density at radius 1 is 1.20 bits per heavy atom. The minimum atomic E-state index is 0.812. The summed E-state index contributed by atoms with van der Waals surface area (Å²) in [5.41, 5.74) is 0. The summed E-state index contributed by atoms with van der Waals surface area (Å²) in [4.78, 5) is 0. The van der Waals surface area contributed by atoms with Crippen LogP contribution in [0.5, 0.6) is 0 Å². The molecular formula is C12H27NOS. The molecule has 0 saturated carbocycles. The Morgan fingerprint density at radius 3 is 2.67 bits per heavy atom. The van der Waals surface area contributed by atoms with Crippen LogP contribution in [0.1, 0.15) is 33.6 Å². The van der Waals surface area contributed by atoms with E-state index in [0.717, 1.165) is 32.2 Å². The molecule has 92 valence electrons. The zero-order chi connectivity index (χ0) is 11.4. The Morgan fingerprint density at radius 2 is 2.00 bits per heavy atom. The van der Waals surface area contributed by atoms with Gasteiger partial charge in [0.15, 0.2) is 0 Å². The third-order valence-electron chi connectivity index (χ3n) is 1.94. The van der Waals surface area contributed by atoms with Crippen LogP contribution in [-0.2, 0) is 4.74 Å². The number of hydrogen-bond acceptors (Lipinski definition) is 3. The minimum absolute atomic E-state index is 0.812. The summed E-state index contributed by atoms with van der Waals surface area (Å²) in [6.45, 7) is 10.6. The highest BCUT2D eigenvalue weighted by molar-refractivity contribution is 7.99. The summed E-state index contributed by atoms with van der Waals surface area (Å²) in [6.07, 6.45) is 2.41. The maximum absolute atomic E-state index is 5.45. The van der Waals surface area contributed by atoms with Crippen molar-refractivity contribution in [1.82, 2.24) is 5.32 Å². The smallest absolute Gasteiger partial charge is 0.0590 e. The number of rotatable bonds is 11. The van der Waals surface area contributed by atoms with Crippen LogP contribution in [0.2, 0.25) is 0 Å².